The van der Waals surface area contributed by atoms with Crippen LogP contribution in [0.3, 0.4) is 0 Å². The van der Waals surface area contributed by atoms with Gasteiger partial charge in [0.1, 0.15) is 0 Å². The van der Waals surface area contributed by atoms with Gasteiger partial charge in [0.05, 0.1) is 4.90 Å². The molecule has 1 aliphatic heterocycles. The molecule has 5 nitrogen and oxygen atoms in total. The zero-order chi connectivity index (χ0) is 20.7. The van der Waals surface area contributed by atoms with E-state index in [0.29, 0.717) is 5.56 Å². The van der Waals surface area contributed by atoms with Crippen LogP contribution in [-0.2, 0) is 16.6 Å². The van der Waals surface area contributed by atoms with Crippen molar-refractivity contribution in [2.45, 2.75) is 37.1 Å². The second kappa shape index (κ2) is 9.85. The fourth-order valence-corrected chi connectivity index (χ4v) is 4.97. The van der Waals surface area contributed by atoms with E-state index in [1.54, 1.807) is 48.5 Å². The normalized spacial score (nSPS) is 15.1. The molecule has 0 N–H and O–H groups in total. The average Bonchev–Trinajstić information content (AvgIpc) is 3.04. The van der Waals surface area contributed by atoms with Crippen molar-refractivity contribution in [3.05, 3.63) is 78.4 Å². The third kappa shape index (κ3) is 5.34. The van der Waals surface area contributed by atoms with Gasteiger partial charge >= 0.3 is 0 Å². The molecule has 29 heavy (non-hydrogen) atoms. The molecule has 1 fully saturated rings. The second-order valence-corrected chi connectivity index (χ2v) is 9.24. The van der Waals surface area contributed by atoms with Crippen LogP contribution in [0.5, 0.6) is 0 Å². The van der Waals surface area contributed by atoms with E-state index in [0.717, 1.165) is 31.5 Å². The highest BCUT2D eigenvalue weighted by atomic mass is 32.2. The molecule has 1 heterocycles. The van der Waals surface area contributed by atoms with Crippen LogP contribution in [0.1, 0.15) is 41.6 Å². The van der Waals surface area contributed by atoms with Crippen molar-refractivity contribution in [1.29, 1.82) is 0 Å². The van der Waals surface area contributed by atoms with Crippen molar-refractivity contribution >= 4 is 15.9 Å². The van der Waals surface area contributed by atoms with E-state index in [1.807, 2.05) is 17.0 Å². The van der Waals surface area contributed by atoms with E-state index < -0.39 is 10.0 Å². The lowest BCUT2D eigenvalue weighted by molar-refractivity contribution is 0.0761. The molecule has 1 amide bonds. The minimum absolute atomic E-state index is 0.0540. The van der Waals surface area contributed by atoms with Crippen LogP contribution in [0.4, 0.5) is 0 Å². The van der Waals surface area contributed by atoms with Crippen molar-refractivity contribution < 1.29 is 13.2 Å². The number of benzene rings is 2. The van der Waals surface area contributed by atoms with Gasteiger partial charge < -0.3 is 4.90 Å². The highest BCUT2D eigenvalue weighted by molar-refractivity contribution is 7.89. The molecule has 3 rings (SSSR count). The van der Waals surface area contributed by atoms with E-state index in [9.17, 15) is 13.2 Å². The highest BCUT2D eigenvalue weighted by Crippen LogP contribution is 2.19. The molecule has 0 aliphatic carbocycles. The number of hydrogen-bond donors (Lipinski definition) is 0. The predicted molar refractivity (Wildman–Crippen MR) is 115 cm³/mol. The summed E-state index contributed by atoms with van der Waals surface area (Å²) < 4.78 is 27.3. The maximum Gasteiger partial charge on any atom is 0.253 e. The Hall–Kier alpha value is -2.44. The standard InChI is InChI=1S/C23H28N2O3S/c1-2-16-25(29(27,28)22-10-6-5-7-11-22)19-20-12-14-21(15-13-20)23(26)24-17-8-3-4-9-18-24/h2,5-7,10-15H,1,3-4,8-9,16-19H2. The Morgan fingerprint density at radius 3 is 2.17 bits per heavy atom. The molecule has 0 spiro atoms. The molecule has 0 unspecified atom stereocenters. The first kappa shape index (κ1) is 21.3. The summed E-state index contributed by atoms with van der Waals surface area (Å²) in [6.45, 7) is 5.74. The molecule has 0 bridgehead atoms. The third-order valence-electron chi connectivity index (χ3n) is 5.17. The Morgan fingerprint density at radius 1 is 0.966 bits per heavy atom. The van der Waals surface area contributed by atoms with Crippen LogP contribution in [0.25, 0.3) is 0 Å². The zero-order valence-corrected chi connectivity index (χ0v) is 17.5. The maximum absolute atomic E-state index is 13.0. The molecule has 0 atom stereocenters. The van der Waals surface area contributed by atoms with Crippen molar-refractivity contribution in [1.82, 2.24) is 9.21 Å². The lowest BCUT2D eigenvalue weighted by atomic mass is 10.1. The van der Waals surface area contributed by atoms with E-state index >= 15 is 0 Å². The van der Waals surface area contributed by atoms with Gasteiger partial charge in [0.25, 0.3) is 5.91 Å². The molecule has 1 saturated heterocycles. The number of amides is 1. The number of likely N-dealkylation sites (tertiary alicyclic amines) is 1. The first-order valence-corrected chi connectivity index (χ1v) is 11.5. The fourth-order valence-electron chi connectivity index (χ4n) is 3.55. The summed E-state index contributed by atoms with van der Waals surface area (Å²) in [5, 5.41) is 0. The first-order chi connectivity index (χ1) is 14.0. The Labute approximate surface area is 173 Å². The van der Waals surface area contributed by atoms with Gasteiger partial charge in [-0.3, -0.25) is 4.79 Å². The van der Waals surface area contributed by atoms with Crippen molar-refractivity contribution in [3.63, 3.8) is 0 Å². The number of hydrogen-bond acceptors (Lipinski definition) is 3. The van der Waals surface area contributed by atoms with Gasteiger partial charge in [-0.15, -0.1) is 6.58 Å². The van der Waals surface area contributed by atoms with Gasteiger partial charge in [0.15, 0.2) is 0 Å². The summed E-state index contributed by atoms with van der Waals surface area (Å²) in [5.41, 5.74) is 1.48. The smallest absolute Gasteiger partial charge is 0.253 e. The summed E-state index contributed by atoms with van der Waals surface area (Å²) in [5.74, 6) is 0.0540. The van der Waals surface area contributed by atoms with Gasteiger partial charge in [0.2, 0.25) is 10.0 Å². The highest BCUT2D eigenvalue weighted by Gasteiger charge is 2.24. The van der Waals surface area contributed by atoms with Crippen molar-refractivity contribution in [2.75, 3.05) is 19.6 Å². The SMILES string of the molecule is C=CCN(Cc1ccc(C(=O)N2CCCCCC2)cc1)S(=O)(=O)c1ccccc1. The summed E-state index contributed by atoms with van der Waals surface area (Å²) in [6, 6.07) is 15.7. The van der Waals surface area contributed by atoms with Crippen molar-refractivity contribution in [2.24, 2.45) is 0 Å². The Kier molecular flexibility index (Phi) is 7.23. The molecular weight excluding hydrogens is 384 g/mol. The molecule has 0 aromatic heterocycles. The topological polar surface area (TPSA) is 57.7 Å². The van der Waals surface area contributed by atoms with Crippen LogP contribution in [0.2, 0.25) is 0 Å². The first-order valence-electron chi connectivity index (χ1n) is 10.1. The van der Waals surface area contributed by atoms with E-state index in [4.69, 9.17) is 0 Å². The van der Waals surface area contributed by atoms with Crippen LogP contribution in [0.15, 0.2) is 72.1 Å². The van der Waals surface area contributed by atoms with Crippen LogP contribution >= 0.6 is 0 Å². The molecule has 1 aliphatic rings. The van der Waals surface area contributed by atoms with Gasteiger partial charge in [-0.2, -0.15) is 4.31 Å². The summed E-state index contributed by atoms with van der Waals surface area (Å²) in [7, 11) is -3.62. The number of sulfonamides is 1. The average molecular weight is 413 g/mol. The van der Waals surface area contributed by atoms with Gasteiger partial charge in [-0.1, -0.05) is 49.2 Å². The van der Waals surface area contributed by atoms with Gasteiger partial charge in [-0.05, 0) is 42.7 Å². The van der Waals surface area contributed by atoms with Crippen LogP contribution in [-0.4, -0.2) is 43.2 Å². The predicted octanol–water partition coefficient (Wildman–Crippen LogP) is 4.08. The van der Waals surface area contributed by atoms with E-state index in [2.05, 4.69) is 6.58 Å². The Bertz CT molecular complexity index is 916. The monoisotopic (exact) mass is 412 g/mol. The number of rotatable bonds is 7. The third-order valence-corrected chi connectivity index (χ3v) is 6.99. The lowest BCUT2D eigenvalue weighted by Gasteiger charge is -2.22. The zero-order valence-electron chi connectivity index (χ0n) is 16.7. The Morgan fingerprint density at radius 2 is 1.59 bits per heavy atom. The van der Waals surface area contributed by atoms with Crippen LogP contribution < -0.4 is 0 Å². The molecule has 2 aromatic rings. The number of carbonyl (C=O) groups is 1. The summed E-state index contributed by atoms with van der Waals surface area (Å²) in [6.07, 6.45) is 6.04. The molecular formula is C23H28N2O3S. The summed E-state index contributed by atoms with van der Waals surface area (Å²) in [4.78, 5) is 14.9. The quantitative estimate of drug-likeness (QED) is 0.644. The second-order valence-electron chi connectivity index (χ2n) is 7.30. The fraction of sp³-hybridized carbons (Fsp3) is 0.348. The Balaban J connectivity index is 1.74. The van der Waals surface area contributed by atoms with Gasteiger partial charge in [0, 0.05) is 31.7 Å². The largest absolute Gasteiger partial charge is 0.339 e. The van der Waals surface area contributed by atoms with Crippen molar-refractivity contribution in [3.8, 4) is 0 Å². The number of carbonyl (C=O) groups excluding carboxylic acids is 1. The number of nitrogens with zero attached hydrogens (tertiary/aromatic N) is 2. The van der Waals surface area contributed by atoms with E-state index in [-0.39, 0.29) is 23.9 Å². The van der Waals surface area contributed by atoms with E-state index in [1.165, 1.54) is 17.1 Å². The molecule has 6 heteroatoms. The maximum atomic E-state index is 13.0. The molecule has 0 radical (unpaired) electrons. The van der Waals surface area contributed by atoms with Crippen LogP contribution in [0, 0.1) is 0 Å². The molecule has 0 saturated carbocycles. The minimum atomic E-state index is -3.62. The summed E-state index contributed by atoms with van der Waals surface area (Å²) >= 11 is 0. The van der Waals surface area contributed by atoms with Gasteiger partial charge in [-0.25, -0.2) is 8.42 Å². The lowest BCUT2D eigenvalue weighted by Crippen LogP contribution is -2.32. The minimum Gasteiger partial charge on any atom is -0.339 e. The molecule has 154 valence electrons. The molecule has 2 aromatic carbocycles.